The Morgan fingerprint density at radius 1 is 1.09 bits per heavy atom. The van der Waals surface area contributed by atoms with E-state index >= 15 is 0 Å². The van der Waals surface area contributed by atoms with Gasteiger partial charge in [-0.15, -0.1) is 0 Å². The molecule has 0 bridgehead atoms. The molecule has 32 heavy (non-hydrogen) atoms. The number of likely N-dealkylation sites (tertiary alicyclic amines) is 1. The molecule has 162 valence electrons. The van der Waals surface area contributed by atoms with Gasteiger partial charge in [0.05, 0.1) is 5.69 Å². The maximum absolute atomic E-state index is 12.8. The van der Waals surface area contributed by atoms with Crippen molar-refractivity contribution < 1.29 is 4.79 Å². The maximum atomic E-state index is 12.8. The highest BCUT2D eigenvalue weighted by atomic mass is 16.2. The number of aromatic nitrogens is 3. The number of pyridine rings is 1. The van der Waals surface area contributed by atoms with Crippen LogP contribution in [0.4, 0.5) is 11.5 Å². The summed E-state index contributed by atoms with van der Waals surface area (Å²) in [6.07, 6.45) is 11.6. The van der Waals surface area contributed by atoms with Crippen LogP contribution in [0.5, 0.6) is 0 Å². The van der Waals surface area contributed by atoms with Crippen LogP contribution in [0, 0.1) is 5.92 Å². The zero-order chi connectivity index (χ0) is 21.8. The van der Waals surface area contributed by atoms with E-state index < -0.39 is 0 Å². The minimum atomic E-state index is 0.131. The smallest absolute Gasteiger partial charge is 0.223 e. The number of amides is 1. The largest absolute Gasteiger partial charge is 0.342 e. The summed E-state index contributed by atoms with van der Waals surface area (Å²) in [6, 6.07) is 15.9. The Bertz CT molecular complexity index is 1100. The summed E-state index contributed by atoms with van der Waals surface area (Å²) in [5, 5.41) is 3.40. The van der Waals surface area contributed by atoms with Gasteiger partial charge in [0.15, 0.2) is 0 Å². The van der Waals surface area contributed by atoms with E-state index in [9.17, 15) is 4.79 Å². The number of para-hydroxylation sites is 1. The van der Waals surface area contributed by atoms with Crippen molar-refractivity contribution >= 4 is 17.4 Å². The molecular formula is C26H27N5O. The molecule has 2 unspecified atom stereocenters. The third-order valence-electron chi connectivity index (χ3n) is 6.20. The van der Waals surface area contributed by atoms with E-state index in [1.54, 1.807) is 6.20 Å². The molecule has 1 saturated heterocycles. The Morgan fingerprint density at radius 3 is 2.78 bits per heavy atom. The molecule has 5 rings (SSSR count). The van der Waals surface area contributed by atoms with Gasteiger partial charge < -0.3 is 10.2 Å². The lowest BCUT2D eigenvalue weighted by Gasteiger charge is -2.18. The fourth-order valence-corrected chi connectivity index (χ4v) is 4.46. The monoisotopic (exact) mass is 425 g/mol. The molecule has 1 aliphatic carbocycles. The lowest BCUT2D eigenvalue weighted by molar-refractivity contribution is -0.130. The molecule has 2 atom stereocenters. The van der Waals surface area contributed by atoms with Crippen LogP contribution in [-0.4, -0.2) is 38.8 Å². The van der Waals surface area contributed by atoms with Crippen molar-refractivity contribution in [2.24, 2.45) is 5.92 Å². The topological polar surface area (TPSA) is 71.0 Å². The van der Waals surface area contributed by atoms with Gasteiger partial charge >= 0.3 is 0 Å². The first-order chi connectivity index (χ1) is 15.7. The number of hydrogen-bond donors (Lipinski definition) is 1. The normalized spacial score (nSPS) is 19.9. The van der Waals surface area contributed by atoms with Gasteiger partial charge in [-0.3, -0.25) is 9.78 Å². The molecule has 0 saturated carbocycles. The lowest BCUT2D eigenvalue weighted by atomic mass is 10.0. The van der Waals surface area contributed by atoms with Gasteiger partial charge in [-0.05, 0) is 49.4 Å². The second-order valence-electron chi connectivity index (χ2n) is 8.52. The van der Waals surface area contributed by atoms with Crippen LogP contribution in [-0.2, 0) is 4.79 Å². The SMILES string of the molecule is O=C(CC1C=CCC1)N1CCC(c2nc(Nc3ccccc3)cc(-c3cccnc3)n2)C1. The first-order valence-electron chi connectivity index (χ1n) is 11.3. The lowest BCUT2D eigenvalue weighted by Crippen LogP contribution is -2.29. The zero-order valence-electron chi connectivity index (χ0n) is 18.0. The Balaban J connectivity index is 1.38. The zero-order valence-corrected chi connectivity index (χ0v) is 18.0. The average Bonchev–Trinajstić information content (AvgIpc) is 3.53. The number of carbonyl (C=O) groups excluding carboxylic acids is 1. The van der Waals surface area contributed by atoms with E-state index in [1.165, 1.54) is 0 Å². The summed E-state index contributed by atoms with van der Waals surface area (Å²) in [4.78, 5) is 28.8. The molecule has 1 amide bonds. The fraction of sp³-hybridized carbons (Fsp3) is 0.308. The highest BCUT2D eigenvalue weighted by Gasteiger charge is 2.30. The summed E-state index contributed by atoms with van der Waals surface area (Å²) in [6.45, 7) is 1.44. The van der Waals surface area contributed by atoms with Gasteiger partial charge in [0.2, 0.25) is 5.91 Å². The van der Waals surface area contributed by atoms with Crippen molar-refractivity contribution in [3.05, 3.63) is 78.9 Å². The van der Waals surface area contributed by atoms with E-state index in [1.807, 2.05) is 59.6 Å². The van der Waals surface area contributed by atoms with Crippen LogP contribution in [0.15, 0.2) is 73.1 Å². The summed E-state index contributed by atoms with van der Waals surface area (Å²) in [7, 11) is 0. The molecule has 2 aliphatic rings. The third-order valence-corrected chi connectivity index (χ3v) is 6.20. The van der Waals surface area contributed by atoms with Crippen LogP contribution in [0.2, 0.25) is 0 Å². The number of nitrogens with zero attached hydrogens (tertiary/aromatic N) is 4. The molecule has 1 N–H and O–H groups in total. The summed E-state index contributed by atoms with van der Waals surface area (Å²) < 4.78 is 0. The molecule has 0 spiro atoms. The molecule has 3 aromatic rings. The molecule has 2 aromatic heterocycles. The summed E-state index contributed by atoms with van der Waals surface area (Å²) in [5.41, 5.74) is 2.76. The summed E-state index contributed by atoms with van der Waals surface area (Å²) >= 11 is 0. The minimum Gasteiger partial charge on any atom is -0.342 e. The van der Waals surface area contributed by atoms with Gasteiger partial charge in [0.1, 0.15) is 11.6 Å². The number of carbonyl (C=O) groups is 1. The summed E-state index contributed by atoms with van der Waals surface area (Å²) in [5.74, 6) is 2.30. The Hall–Kier alpha value is -3.54. The van der Waals surface area contributed by atoms with Crippen LogP contribution in [0.1, 0.15) is 37.4 Å². The third kappa shape index (κ3) is 4.69. The van der Waals surface area contributed by atoms with Crippen molar-refractivity contribution in [2.45, 2.75) is 31.6 Å². The number of rotatable bonds is 6. The molecule has 0 radical (unpaired) electrons. The van der Waals surface area contributed by atoms with Gasteiger partial charge in [-0.25, -0.2) is 9.97 Å². The molecule has 3 heterocycles. The predicted molar refractivity (Wildman–Crippen MR) is 125 cm³/mol. The number of benzene rings is 1. The minimum absolute atomic E-state index is 0.131. The maximum Gasteiger partial charge on any atom is 0.223 e. The number of anilines is 2. The van der Waals surface area contributed by atoms with Crippen molar-refractivity contribution in [2.75, 3.05) is 18.4 Å². The van der Waals surface area contributed by atoms with Crippen molar-refractivity contribution in [3.63, 3.8) is 0 Å². The van der Waals surface area contributed by atoms with Gasteiger partial charge in [-0.2, -0.15) is 0 Å². The molecule has 1 fully saturated rings. The Kier molecular flexibility index (Phi) is 5.92. The number of nitrogens with one attached hydrogen (secondary N) is 1. The Labute approximate surface area is 188 Å². The quantitative estimate of drug-likeness (QED) is 0.566. The van der Waals surface area contributed by atoms with Gasteiger partial charge in [0.25, 0.3) is 0 Å². The number of allylic oxidation sites excluding steroid dienone is 2. The first-order valence-corrected chi connectivity index (χ1v) is 11.3. The van der Waals surface area contributed by atoms with Gasteiger partial charge in [-0.1, -0.05) is 30.4 Å². The molecule has 6 nitrogen and oxygen atoms in total. The van der Waals surface area contributed by atoms with Crippen LogP contribution < -0.4 is 5.32 Å². The van der Waals surface area contributed by atoms with E-state index in [0.29, 0.717) is 18.9 Å². The highest BCUT2D eigenvalue weighted by Crippen LogP contribution is 2.30. The van der Waals surface area contributed by atoms with E-state index in [-0.39, 0.29) is 11.8 Å². The molecule has 6 heteroatoms. The molecule has 1 aliphatic heterocycles. The second kappa shape index (κ2) is 9.30. The standard InChI is InChI=1S/C26H27N5O/c32-25(15-19-7-4-5-8-19)31-14-12-21(18-31)26-29-23(20-9-6-13-27-17-20)16-24(30-26)28-22-10-2-1-3-11-22/h1-4,6-7,9-11,13,16-17,19,21H,5,8,12,14-15,18H2,(H,28,29,30). The van der Waals surface area contributed by atoms with Crippen LogP contribution >= 0.6 is 0 Å². The van der Waals surface area contributed by atoms with Crippen molar-refractivity contribution in [3.8, 4) is 11.3 Å². The van der Waals surface area contributed by atoms with Crippen molar-refractivity contribution in [1.29, 1.82) is 0 Å². The van der Waals surface area contributed by atoms with Crippen LogP contribution in [0.25, 0.3) is 11.3 Å². The predicted octanol–water partition coefficient (Wildman–Crippen LogP) is 4.95. The van der Waals surface area contributed by atoms with E-state index in [4.69, 9.17) is 9.97 Å². The van der Waals surface area contributed by atoms with Crippen LogP contribution in [0.3, 0.4) is 0 Å². The first kappa shape index (κ1) is 20.4. The number of hydrogen-bond acceptors (Lipinski definition) is 5. The molecule has 1 aromatic carbocycles. The Morgan fingerprint density at radius 2 is 2.00 bits per heavy atom. The van der Waals surface area contributed by atoms with Crippen molar-refractivity contribution in [1.82, 2.24) is 19.9 Å². The van der Waals surface area contributed by atoms with E-state index in [0.717, 1.165) is 54.4 Å². The average molecular weight is 426 g/mol. The fourth-order valence-electron chi connectivity index (χ4n) is 4.46. The highest BCUT2D eigenvalue weighted by molar-refractivity contribution is 5.77. The van der Waals surface area contributed by atoms with Gasteiger partial charge in [0, 0.05) is 55.1 Å². The molecular weight excluding hydrogens is 398 g/mol. The second-order valence-corrected chi connectivity index (χ2v) is 8.52. The van der Waals surface area contributed by atoms with E-state index in [2.05, 4.69) is 22.5 Å².